The second-order valence-corrected chi connectivity index (χ2v) is 21.7. The Hall–Kier alpha value is -4.02. The third-order valence-electron chi connectivity index (χ3n) is 14.8. The molecule has 0 amide bonds. The molecule has 4 aromatic rings. The van der Waals surface area contributed by atoms with Crippen molar-refractivity contribution in [2.45, 2.75) is 192 Å². The quantitative estimate of drug-likeness (QED) is 0.0888. The van der Waals surface area contributed by atoms with E-state index in [9.17, 15) is 5.11 Å². The van der Waals surface area contributed by atoms with Gasteiger partial charge in [0.2, 0.25) is 0 Å². The maximum absolute atomic E-state index is 10.4. The van der Waals surface area contributed by atoms with Crippen LogP contribution in [0.5, 0.6) is 0 Å². The number of benzene rings is 4. The zero-order valence-corrected chi connectivity index (χ0v) is 45.7. The van der Waals surface area contributed by atoms with Crippen LogP contribution in [-0.4, -0.2) is 135 Å². The van der Waals surface area contributed by atoms with E-state index in [2.05, 4.69) is 44.7 Å². The average molecular weight is 1070 g/mol. The van der Waals surface area contributed by atoms with Gasteiger partial charge < -0.3 is 76.2 Å². The summed E-state index contributed by atoms with van der Waals surface area (Å²) in [6.45, 7) is 22.0. The maximum atomic E-state index is 10.4. The van der Waals surface area contributed by atoms with E-state index >= 15 is 0 Å². The summed E-state index contributed by atoms with van der Waals surface area (Å²) in [6.07, 6.45) is -5.74. The lowest BCUT2D eigenvalue weighted by Gasteiger charge is -2.45. The van der Waals surface area contributed by atoms with Crippen molar-refractivity contribution in [2.24, 2.45) is 11.8 Å². The Morgan fingerprint density at radius 3 is 1.25 bits per heavy atom. The van der Waals surface area contributed by atoms with E-state index in [1.165, 1.54) is 0 Å². The minimum absolute atomic E-state index is 0.131. The minimum Gasteiger partial charge on any atom is -0.370 e. The summed E-state index contributed by atoms with van der Waals surface area (Å²) in [5, 5.41) is 10.4. The monoisotopic (exact) mass is 1070 g/mol. The van der Waals surface area contributed by atoms with Gasteiger partial charge in [0.25, 0.3) is 0 Å². The molecule has 8 unspecified atom stereocenters. The number of aliphatic hydroxyl groups is 1. The van der Waals surface area contributed by atoms with Crippen LogP contribution >= 0.6 is 0 Å². The van der Waals surface area contributed by atoms with E-state index in [1.807, 2.05) is 139 Å². The van der Waals surface area contributed by atoms with Gasteiger partial charge in [-0.15, -0.1) is 6.58 Å². The molecule has 1 N–H and O–H groups in total. The van der Waals surface area contributed by atoms with Gasteiger partial charge in [0.15, 0.2) is 36.7 Å². The summed E-state index contributed by atoms with van der Waals surface area (Å²) < 4.78 is 93.6. The van der Waals surface area contributed by atoms with Gasteiger partial charge in [-0.05, 0) is 63.8 Å². The molecule has 6 fully saturated rings. The third kappa shape index (κ3) is 14.9. The average Bonchev–Trinajstić information content (AvgIpc) is 4.03. The Morgan fingerprint density at radius 1 is 0.468 bits per heavy atom. The molecule has 6 aliphatic heterocycles. The lowest BCUT2D eigenvalue weighted by atomic mass is 9.95. The van der Waals surface area contributed by atoms with Crippen molar-refractivity contribution in [2.75, 3.05) is 19.8 Å². The Morgan fingerprint density at radius 2 is 0.831 bits per heavy atom. The van der Waals surface area contributed by atoms with Gasteiger partial charge in [-0.25, -0.2) is 0 Å². The number of aliphatic hydroxyl groups excluding tert-OH is 1. The second-order valence-electron chi connectivity index (χ2n) is 21.7. The van der Waals surface area contributed by atoms with Crippen LogP contribution in [0.1, 0.15) is 77.6 Å². The maximum Gasteiger partial charge on any atom is 0.187 e. The molecule has 10 rings (SSSR count). The summed E-state index contributed by atoms with van der Waals surface area (Å²) in [5.41, 5.74) is 4.38. The van der Waals surface area contributed by atoms with Gasteiger partial charge in [-0.1, -0.05) is 141 Å². The fraction of sp³-hybridized carbons (Fsp3) is 0.574. The van der Waals surface area contributed by atoms with E-state index in [4.69, 9.17) is 71.1 Å². The van der Waals surface area contributed by atoms with Crippen LogP contribution in [0.25, 0.3) is 0 Å². The molecule has 0 spiro atoms. The standard InChI is InChI=1S/C32H42O8.C29H38O8/c1-6-17-33-31-29-28(39-32(4,5)40-29)27(22(3)37-31)38-30-21(2)26(35-19-24-15-11-8-12-16-24)25(20-36-30)34-18-23-13-9-7-10-14-23;1-18-23(32-16-21-13-9-6-10-14-21)22(31-15-20-11-7-5-8-12-20)17-33-28(18)35-24-19(2)34-27(30)26-25(24)36-29(3,4)37-26/h6-16,21-22,25-31H,1,17-20H2,2-5H3;5-14,18-19,22-28,30H,15-17H2,1-4H3/t21?,22-,25-,26?,27+,28?,29?,30+,31-;18?,19-,22-,23?,24+,25?,26?,27-,28+/m11/s1. The normalized spacial score (nSPS) is 36.2. The molecule has 0 saturated carbocycles. The predicted molar refractivity (Wildman–Crippen MR) is 282 cm³/mol. The van der Waals surface area contributed by atoms with Crippen molar-refractivity contribution in [3.8, 4) is 0 Å². The Labute approximate surface area is 454 Å². The first-order valence-corrected chi connectivity index (χ1v) is 27.2. The number of hydrogen-bond acceptors (Lipinski definition) is 16. The number of fused-ring (bicyclic) bond motifs is 2. The fourth-order valence-corrected chi connectivity index (χ4v) is 10.9. The zero-order valence-electron chi connectivity index (χ0n) is 45.7. The highest BCUT2D eigenvalue weighted by Crippen LogP contribution is 2.42. The van der Waals surface area contributed by atoms with Crippen LogP contribution in [0.15, 0.2) is 134 Å². The minimum atomic E-state index is -1.08. The van der Waals surface area contributed by atoms with Crippen LogP contribution in [0.2, 0.25) is 0 Å². The first-order valence-electron chi connectivity index (χ1n) is 27.2. The molecular weight excluding hydrogens is 989 g/mol. The van der Waals surface area contributed by atoms with Crippen molar-refractivity contribution in [1.82, 2.24) is 0 Å². The molecule has 77 heavy (non-hydrogen) atoms. The van der Waals surface area contributed by atoms with E-state index in [1.54, 1.807) is 6.08 Å². The SMILES string of the molecule is C=CCO[C@@H]1O[C@H](C)[C@H](O[C@@H]2OC[C@@H](OCc3ccccc3)C(OCc3ccccc3)C2C)C2OC(C)(C)OC21.CC1C(OCc2ccccc2)[C@H](OCc2ccccc2)CO[C@H]1O[C@@H]1C2OC(C)(C)OC2[C@H](O)O[C@@H]1C. The van der Waals surface area contributed by atoms with Crippen LogP contribution in [0, 0.1) is 11.8 Å². The van der Waals surface area contributed by atoms with Crippen molar-refractivity contribution in [1.29, 1.82) is 0 Å². The number of rotatable bonds is 19. The van der Waals surface area contributed by atoms with Crippen LogP contribution < -0.4 is 0 Å². The molecule has 0 aromatic heterocycles. The highest BCUT2D eigenvalue weighted by Gasteiger charge is 2.58. The fourth-order valence-electron chi connectivity index (χ4n) is 10.9. The molecule has 16 heteroatoms. The van der Waals surface area contributed by atoms with Gasteiger partial charge in [0.1, 0.15) is 48.8 Å². The molecule has 4 aromatic carbocycles. The molecule has 18 atom stereocenters. The van der Waals surface area contributed by atoms with E-state index in [0.717, 1.165) is 22.3 Å². The molecule has 6 heterocycles. The number of hydrogen-bond donors (Lipinski definition) is 1. The smallest absolute Gasteiger partial charge is 0.187 e. The molecule has 6 saturated heterocycles. The highest BCUT2D eigenvalue weighted by atomic mass is 16.8. The Bertz CT molecular complexity index is 2380. The summed E-state index contributed by atoms with van der Waals surface area (Å²) in [5.74, 6) is -1.92. The van der Waals surface area contributed by atoms with Crippen molar-refractivity contribution in [3.63, 3.8) is 0 Å². The Kier molecular flexibility index (Phi) is 19.8. The van der Waals surface area contributed by atoms with Gasteiger partial charge in [0, 0.05) is 11.8 Å². The van der Waals surface area contributed by atoms with Gasteiger partial charge in [0.05, 0.1) is 70.7 Å². The second kappa shape index (κ2) is 26.5. The molecule has 420 valence electrons. The summed E-state index contributed by atoms with van der Waals surface area (Å²) in [4.78, 5) is 0. The van der Waals surface area contributed by atoms with Crippen LogP contribution in [-0.2, 0) is 97.5 Å². The largest absolute Gasteiger partial charge is 0.370 e. The lowest BCUT2D eigenvalue weighted by molar-refractivity contribution is -0.326. The van der Waals surface area contributed by atoms with Crippen molar-refractivity contribution < 1.29 is 76.2 Å². The molecule has 0 bridgehead atoms. The van der Waals surface area contributed by atoms with Crippen LogP contribution in [0.4, 0.5) is 0 Å². The molecule has 16 nitrogen and oxygen atoms in total. The molecular formula is C61H80O16. The topological polar surface area (TPSA) is 159 Å². The van der Waals surface area contributed by atoms with Gasteiger partial charge in [-0.3, -0.25) is 0 Å². The Balaban J connectivity index is 0.000000188. The van der Waals surface area contributed by atoms with Crippen LogP contribution in [0.3, 0.4) is 0 Å². The highest BCUT2D eigenvalue weighted by molar-refractivity contribution is 5.16. The summed E-state index contributed by atoms with van der Waals surface area (Å²) in [7, 11) is 0. The van der Waals surface area contributed by atoms with E-state index in [0.29, 0.717) is 46.2 Å². The number of ether oxygens (including phenoxy) is 15. The predicted octanol–water partition coefficient (Wildman–Crippen LogP) is 8.79. The third-order valence-corrected chi connectivity index (χ3v) is 14.8. The van der Waals surface area contributed by atoms with E-state index < -0.39 is 73.4 Å². The molecule has 0 aliphatic carbocycles. The zero-order chi connectivity index (χ0) is 54.1. The van der Waals surface area contributed by atoms with Gasteiger partial charge >= 0.3 is 0 Å². The lowest BCUT2D eigenvalue weighted by Crippen LogP contribution is -2.60. The molecule has 6 aliphatic rings. The molecule has 0 radical (unpaired) electrons. The van der Waals surface area contributed by atoms with Crippen molar-refractivity contribution in [3.05, 3.63) is 156 Å². The van der Waals surface area contributed by atoms with E-state index in [-0.39, 0.29) is 48.5 Å². The summed E-state index contributed by atoms with van der Waals surface area (Å²) >= 11 is 0. The first kappa shape index (κ1) is 57.7. The first-order chi connectivity index (χ1) is 37.1. The summed E-state index contributed by atoms with van der Waals surface area (Å²) in [6, 6.07) is 40.4. The van der Waals surface area contributed by atoms with Gasteiger partial charge in [-0.2, -0.15) is 0 Å². The van der Waals surface area contributed by atoms with Crippen molar-refractivity contribution >= 4 is 0 Å².